The Morgan fingerprint density at radius 1 is 1.40 bits per heavy atom. The van der Waals surface area contributed by atoms with Crippen LogP contribution in [0.3, 0.4) is 0 Å². The van der Waals surface area contributed by atoms with E-state index < -0.39 is 0 Å². The molecule has 2 heterocycles. The molecule has 0 saturated carbocycles. The fourth-order valence-electron chi connectivity index (χ4n) is 1.56. The Balaban J connectivity index is 2.01. The van der Waals surface area contributed by atoms with E-state index >= 15 is 0 Å². The highest BCUT2D eigenvalue weighted by Gasteiger charge is 2.13. The van der Waals surface area contributed by atoms with E-state index in [4.69, 9.17) is 16.9 Å². The summed E-state index contributed by atoms with van der Waals surface area (Å²) in [5.74, 6) is 0. The lowest BCUT2D eigenvalue weighted by atomic mass is 10.2. The van der Waals surface area contributed by atoms with Crippen LogP contribution in [0, 0.1) is 11.3 Å². The fourth-order valence-corrected chi connectivity index (χ4v) is 2.53. The summed E-state index contributed by atoms with van der Waals surface area (Å²) in [6, 6.07) is 2.02. The number of thiazole rings is 1. The summed E-state index contributed by atoms with van der Waals surface area (Å²) in [6.45, 7) is 2.05. The van der Waals surface area contributed by atoms with E-state index in [1.54, 1.807) is 0 Å². The van der Waals surface area contributed by atoms with E-state index in [-0.39, 0.29) is 0 Å². The standard InChI is InChI=1S/C9H11ClN4S/c10-8-7(6-11)15-9(12-8)13-14-4-2-1-3-5-14/h1-5H2,(H,12,13). The predicted octanol–water partition coefficient (Wildman–Crippen LogP) is 2.48. The first-order chi connectivity index (χ1) is 7.29. The van der Waals surface area contributed by atoms with Crippen molar-refractivity contribution in [3.8, 4) is 6.07 Å². The van der Waals surface area contributed by atoms with Gasteiger partial charge in [0.1, 0.15) is 10.9 Å². The lowest BCUT2D eigenvalue weighted by Gasteiger charge is -2.26. The third kappa shape index (κ3) is 2.59. The van der Waals surface area contributed by atoms with Crippen molar-refractivity contribution in [2.24, 2.45) is 0 Å². The minimum atomic E-state index is 0.294. The molecule has 0 bridgehead atoms. The minimum Gasteiger partial charge on any atom is -0.294 e. The first-order valence-corrected chi connectivity index (χ1v) is 6.07. The topological polar surface area (TPSA) is 52.0 Å². The first-order valence-electron chi connectivity index (χ1n) is 4.87. The zero-order valence-electron chi connectivity index (χ0n) is 8.16. The lowest BCUT2D eigenvalue weighted by molar-refractivity contribution is 0.273. The Hall–Kier alpha value is -0.830. The number of piperidine rings is 1. The van der Waals surface area contributed by atoms with Crippen molar-refractivity contribution in [3.05, 3.63) is 10.0 Å². The summed E-state index contributed by atoms with van der Waals surface area (Å²) in [5.41, 5.74) is 3.18. The highest BCUT2D eigenvalue weighted by atomic mass is 35.5. The second-order valence-electron chi connectivity index (χ2n) is 3.41. The van der Waals surface area contributed by atoms with Crippen molar-refractivity contribution in [1.82, 2.24) is 9.99 Å². The van der Waals surface area contributed by atoms with Gasteiger partial charge in [0.25, 0.3) is 0 Å². The molecular formula is C9H11ClN4S. The van der Waals surface area contributed by atoms with Crippen LogP contribution in [0.5, 0.6) is 0 Å². The van der Waals surface area contributed by atoms with Crippen LogP contribution in [0.15, 0.2) is 0 Å². The number of nitrogens with zero attached hydrogens (tertiary/aromatic N) is 3. The van der Waals surface area contributed by atoms with Crippen molar-refractivity contribution in [1.29, 1.82) is 5.26 Å². The molecule has 1 aromatic heterocycles. The summed E-state index contributed by atoms with van der Waals surface area (Å²) >= 11 is 7.08. The summed E-state index contributed by atoms with van der Waals surface area (Å²) < 4.78 is 0. The van der Waals surface area contributed by atoms with Crippen molar-refractivity contribution in [2.75, 3.05) is 18.5 Å². The number of halogens is 1. The molecule has 0 spiro atoms. The highest BCUT2D eigenvalue weighted by molar-refractivity contribution is 7.16. The van der Waals surface area contributed by atoms with Gasteiger partial charge in [-0.05, 0) is 12.8 Å². The average molecular weight is 243 g/mol. The normalized spacial score (nSPS) is 17.3. The van der Waals surface area contributed by atoms with Crippen LogP contribution < -0.4 is 5.43 Å². The number of nitrogens with one attached hydrogen (secondary N) is 1. The summed E-state index contributed by atoms with van der Waals surface area (Å²) in [4.78, 5) is 4.55. The van der Waals surface area contributed by atoms with E-state index in [9.17, 15) is 0 Å². The zero-order valence-corrected chi connectivity index (χ0v) is 9.74. The van der Waals surface area contributed by atoms with Crippen LogP contribution in [0.1, 0.15) is 24.1 Å². The Kier molecular flexibility index (Phi) is 3.41. The Morgan fingerprint density at radius 2 is 2.13 bits per heavy atom. The maximum Gasteiger partial charge on any atom is 0.200 e. The van der Waals surface area contributed by atoms with Gasteiger partial charge in [0.2, 0.25) is 0 Å². The number of hydrogen-bond acceptors (Lipinski definition) is 5. The second-order valence-corrected chi connectivity index (χ2v) is 4.77. The van der Waals surface area contributed by atoms with Gasteiger partial charge in [-0.2, -0.15) is 5.26 Å². The van der Waals surface area contributed by atoms with Gasteiger partial charge >= 0.3 is 0 Å². The molecule has 1 N–H and O–H groups in total. The third-order valence-electron chi connectivity index (χ3n) is 2.30. The van der Waals surface area contributed by atoms with Gasteiger partial charge in [0, 0.05) is 13.1 Å². The van der Waals surface area contributed by atoms with Crippen LogP contribution in [0.25, 0.3) is 0 Å². The molecule has 15 heavy (non-hydrogen) atoms. The molecule has 6 heteroatoms. The van der Waals surface area contributed by atoms with Gasteiger partial charge in [0.05, 0.1) is 0 Å². The van der Waals surface area contributed by atoms with Gasteiger partial charge in [-0.15, -0.1) is 0 Å². The molecule has 2 rings (SSSR count). The number of nitriles is 1. The molecule has 4 nitrogen and oxygen atoms in total. The molecule has 0 amide bonds. The first kappa shape index (κ1) is 10.7. The van der Waals surface area contributed by atoms with E-state index in [2.05, 4.69) is 15.4 Å². The van der Waals surface area contributed by atoms with Crippen LogP contribution in [-0.2, 0) is 0 Å². The van der Waals surface area contributed by atoms with Gasteiger partial charge < -0.3 is 0 Å². The SMILES string of the molecule is N#Cc1sc(NN2CCCCC2)nc1Cl. The van der Waals surface area contributed by atoms with E-state index in [1.165, 1.54) is 30.6 Å². The van der Waals surface area contributed by atoms with Crippen molar-refractivity contribution in [2.45, 2.75) is 19.3 Å². The minimum absolute atomic E-state index is 0.294. The molecule has 0 radical (unpaired) electrons. The molecule has 1 aromatic rings. The molecule has 1 saturated heterocycles. The van der Waals surface area contributed by atoms with E-state index in [1.807, 2.05) is 6.07 Å². The number of hydrogen-bond donors (Lipinski definition) is 1. The maximum atomic E-state index is 8.73. The second kappa shape index (κ2) is 4.79. The van der Waals surface area contributed by atoms with E-state index in [0.717, 1.165) is 13.1 Å². The lowest BCUT2D eigenvalue weighted by Crippen LogP contribution is -2.34. The Bertz CT molecular complexity index is 378. The van der Waals surface area contributed by atoms with Crippen molar-refractivity contribution in [3.63, 3.8) is 0 Å². The number of aromatic nitrogens is 1. The van der Waals surface area contributed by atoms with Gasteiger partial charge in [-0.1, -0.05) is 29.4 Å². The van der Waals surface area contributed by atoms with Crippen LogP contribution in [0.2, 0.25) is 5.15 Å². The van der Waals surface area contributed by atoms with E-state index in [0.29, 0.717) is 15.2 Å². The molecule has 1 fully saturated rings. The molecular weight excluding hydrogens is 232 g/mol. The smallest absolute Gasteiger partial charge is 0.200 e. The monoisotopic (exact) mass is 242 g/mol. The van der Waals surface area contributed by atoms with Crippen LogP contribution >= 0.6 is 22.9 Å². The largest absolute Gasteiger partial charge is 0.294 e. The van der Waals surface area contributed by atoms with Crippen LogP contribution in [0.4, 0.5) is 5.13 Å². The molecule has 0 aromatic carbocycles. The molecule has 0 atom stereocenters. The maximum absolute atomic E-state index is 8.73. The Morgan fingerprint density at radius 3 is 2.73 bits per heavy atom. The van der Waals surface area contributed by atoms with Crippen LogP contribution in [-0.4, -0.2) is 23.1 Å². The predicted molar refractivity (Wildman–Crippen MR) is 60.9 cm³/mol. The molecule has 1 aliphatic heterocycles. The molecule has 0 unspecified atom stereocenters. The van der Waals surface area contributed by atoms with Crippen molar-refractivity contribution < 1.29 is 0 Å². The van der Waals surface area contributed by atoms with Gasteiger partial charge in [-0.3, -0.25) is 5.43 Å². The zero-order chi connectivity index (χ0) is 10.7. The number of anilines is 1. The number of hydrazine groups is 1. The van der Waals surface area contributed by atoms with Gasteiger partial charge in [0.15, 0.2) is 10.3 Å². The summed E-state index contributed by atoms with van der Waals surface area (Å²) in [7, 11) is 0. The summed E-state index contributed by atoms with van der Waals surface area (Å²) in [5, 5.41) is 11.9. The fraction of sp³-hybridized carbons (Fsp3) is 0.556. The molecule has 1 aliphatic rings. The van der Waals surface area contributed by atoms with Gasteiger partial charge in [-0.25, -0.2) is 9.99 Å². The van der Waals surface area contributed by atoms with Crippen molar-refractivity contribution >= 4 is 28.1 Å². The quantitative estimate of drug-likeness (QED) is 0.866. The third-order valence-corrected chi connectivity index (χ3v) is 3.55. The number of rotatable bonds is 2. The average Bonchev–Trinajstić information content (AvgIpc) is 2.60. The molecule has 80 valence electrons. The summed E-state index contributed by atoms with van der Waals surface area (Å²) in [6.07, 6.45) is 3.70. The highest BCUT2D eigenvalue weighted by Crippen LogP contribution is 2.26. The Labute approximate surface area is 97.5 Å². The molecule has 0 aliphatic carbocycles.